The van der Waals surface area contributed by atoms with E-state index in [4.69, 9.17) is 0 Å². The van der Waals surface area contributed by atoms with Crippen molar-refractivity contribution < 1.29 is 9.59 Å². The lowest BCUT2D eigenvalue weighted by atomic mass is 9.96. The van der Waals surface area contributed by atoms with E-state index in [0.717, 1.165) is 47.9 Å². The Morgan fingerprint density at radius 3 is 2.27 bits per heavy atom. The van der Waals surface area contributed by atoms with Crippen LogP contribution in [0.15, 0.2) is 48.5 Å². The number of tetrazole rings is 1. The van der Waals surface area contributed by atoms with Crippen LogP contribution in [0.2, 0.25) is 0 Å². The van der Waals surface area contributed by atoms with Crippen molar-refractivity contribution in [1.29, 1.82) is 0 Å². The largest absolute Gasteiger partial charge is 0.344 e. The number of carbonyl (C=O) groups excluding carboxylic acids is 2. The Morgan fingerprint density at radius 2 is 1.70 bits per heavy atom. The van der Waals surface area contributed by atoms with Gasteiger partial charge in [-0.25, -0.2) is 5.10 Å². The third kappa shape index (κ3) is 8.65. The van der Waals surface area contributed by atoms with E-state index in [0.29, 0.717) is 30.6 Å². The van der Waals surface area contributed by atoms with E-state index < -0.39 is 6.04 Å². The second-order valence-electron chi connectivity index (χ2n) is 11.2. The molecule has 216 valence electrons. The van der Waals surface area contributed by atoms with Gasteiger partial charge < -0.3 is 10.2 Å². The summed E-state index contributed by atoms with van der Waals surface area (Å²) in [6, 6.07) is 15.7. The maximum atomic E-state index is 13.9. The number of hydrogen-bond donors (Lipinski definition) is 3. The van der Waals surface area contributed by atoms with Crippen molar-refractivity contribution in [1.82, 2.24) is 30.8 Å². The Labute approximate surface area is 244 Å². The monoisotopic (exact) mass is 564 g/mol. The summed E-state index contributed by atoms with van der Waals surface area (Å²) in [5, 5.41) is 17.4. The second kappa shape index (κ2) is 15.6. The Kier molecular flexibility index (Phi) is 12.2. The lowest BCUT2D eigenvalue weighted by molar-refractivity contribution is -0.139. The van der Waals surface area contributed by atoms with E-state index >= 15 is 0 Å². The van der Waals surface area contributed by atoms with Crippen LogP contribution in [0.3, 0.4) is 0 Å². The molecule has 0 bridgehead atoms. The van der Waals surface area contributed by atoms with Gasteiger partial charge in [-0.2, -0.15) is 12.6 Å². The molecule has 0 radical (unpaired) electrons. The number of benzene rings is 2. The average Bonchev–Trinajstić information content (AvgIpc) is 3.49. The summed E-state index contributed by atoms with van der Waals surface area (Å²) in [7, 11) is 0. The van der Waals surface area contributed by atoms with Gasteiger partial charge in [0.2, 0.25) is 11.8 Å². The molecule has 8 nitrogen and oxygen atoms in total. The number of nitrogens with zero attached hydrogens (tertiary/aromatic N) is 4. The molecule has 3 aromatic rings. The van der Waals surface area contributed by atoms with Crippen LogP contribution in [0.1, 0.15) is 65.9 Å². The minimum Gasteiger partial charge on any atom is -0.344 e. The van der Waals surface area contributed by atoms with Crippen molar-refractivity contribution in [2.24, 2.45) is 17.8 Å². The van der Waals surface area contributed by atoms with E-state index in [1.165, 1.54) is 0 Å². The summed E-state index contributed by atoms with van der Waals surface area (Å²) in [6.45, 7) is 11.5. The molecule has 0 saturated heterocycles. The molecule has 1 heterocycles. The molecule has 0 saturated carbocycles. The maximum Gasteiger partial charge on any atom is 0.245 e. The van der Waals surface area contributed by atoms with Gasteiger partial charge in [-0.1, -0.05) is 96.0 Å². The number of amides is 2. The molecule has 0 fully saturated rings. The molecule has 3 rings (SSSR count). The van der Waals surface area contributed by atoms with Gasteiger partial charge in [0, 0.05) is 30.3 Å². The van der Waals surface area contributed by atoms with Crippen LogP contribution in [0.5, 0.6) is 0 Å². The molecule has 0 aliphatic carbocycles. The van der Waals surface area contributed by atoms with E-state index in [-0.39, 0.29) is 23.7 Å². The van der Waals surface area contributed by atoms with Crippen LogP contribution >= 0.6 is 12.6 Å². The fraction of sp³-hybridized carbons (Fsp3) is 0.516. The predicted octanol–water partition coefficient (Wildman–Crippen LogP) is 5.79. The van der Waals surface area contributed by atoms with Crippen molar-refractivity contribution in [3.05, 3.63) is 54.1 Å². The van der Waals surface area contributed by atoms with Gasteiger partial charge >= 0.3 is 0 Å². The molecule has 40 heavy (non-hydrogen) atoms. The summed E-state index contributed by atoms with van der Waals surface area (Å²) in [5.41, 5.74) is 4.01. The highest BCUT2D eigenvalue weighted by Crippen LogP contribution is 2.30. The van der Waals surface area contributed by atoms with Crippen LogP contribution in [-0.2, 0) is 16.1 Å². The highest BCUT2D eigenvalue weighted by Gasteiger charge is 2.31. The second-order valence-corrected chi connectivity index (χ2v) is 11.6. The molecule has 2 aromatic carbocycles. The number of nitrogens with one attached hydrogen (secondary N) is 2. The van der Waals surface area contributed by atoms with E-state index in [2.05, 4.69) is 83.6 Å². The summed E-state index contributed by atoms with van der Waals surface area (Å²) in [5.74, 6) is 1.09. The van der Waals surface area contributed by atoms with Crippen molar-refractivity contribution >= 4 is 24.4 Å². The zero-order chi connectivity index (χ0) is 29.1. The van der Waals surface area contributed by atoms with Crippen LogP contribution < -0.4 is 5.32 Å². The highest BCUT2D eigenvalue weighted by atomic mass is 32.1. The highest BCUT2D eigenvalue weighted by molar-refractivity contribution is 7.80. The Morgan fingerprint density at radius 1 is 1.00 bits per heavy atom. The van der Waals surface area contributed by atoms with Crippen molar-refractivity contribution in [3.63, 3.8) is 0 Å². The topological polar surface area (TPSA) is 104 Å². The van der Waals surface area contributed by atoms with Crippen molar-refractivity contribution in [2.45, 2.75) is 72.9 Å². The van der Waals surface area contributed by atoms with E-state index in [1.54, 1.807) is 0 Å². The Hall–Kier alpha value is -3.20. The minimum atomic E-state index is -0.578. The van der Waals surface area contributed by atoms with Crippen molar-refractivity contribution in [3.8, 4) is 22.5 Å². The summed E-state index contributed by atoms with van der Waals surface area (Å²) in [6.07, 6.45) is 3.78. The number of carbonyl (C=O) groups is 2. The van der Waals surface area contributed by atoms with Gasteiger partial charge in [-0.15, -0.1) is 5.10 Å². The summed E-state index contributed by atoms with van der Waals surface area (Å²) >= 11 is 4.41. The van der Waals surface area contributed by atoms with Crippen molar-refractivity contribution in [2.75, 3.05) is 12.3 Å². The number of hydrogen-bond acceptors (Lipinski definition) is 6. The minimum absolute atomic E-state index is 0.0331. The number of unbranched alkanes of at least 4 members (excludes halogenated alkanes) is 2. The lowest BCUT2D eigenvalue weighted by Gasteiger charge is -2.31. The molecule has 1 unspecified atom stereocenters. The predicted molar refractivity (Wildman–Crippen MR) is 164 cm³/mol. The molecule has 0 aliphatic heterocycles. The third-order valence-corrected chi connectivity index (χ3v) is 7.53. The first kappa shape index (κ1) is 31.3. The van der Waals surface area contributed by atoms with Crippen LogP contribution in [0.4, 0.5) is 0 Å². The zero-order valence-electron chi connectivity index (χ0n) is 24.4. The number of rotatable bonds is 15. The first-order valence-electron chi connectivity index (χ1n) is 14.4. The normalized spacial score (nSPS) is 12.9. The molecule has 1 aromatic heterocycles. The van der Waals surface area contributed by atoms with Crippen LogP contribution in [-0.4, -0.2) is 55.7 Å². The first-order valence-corrected chi connectivity index (χ1v) is 15.0. The lowest BCUT2D eigenvalue weighted by Crippen LogP contribution is -2.52. The van der Waals surface area contributed by atoms with Gasteiger partial charge in [0.15, 0.2) is 5.82 Å². The third-order valence-electron chi connectivity index (χ3n) is 7.09. The first-order chi connectivity index (χ1) is 19.2. The number of H-pyrrole nitrogens is 1. The molecule has 2 amide bonds. The molecule has 0 aliphatic rings. The Bertz CT molecular complexity index is 1200. The number of aromatic nitrogens is 4. The van der Waals surface area contributed by atoms with Gasteiger partial charge in [0.1, 0.15) is 6.04 Å². The molecule has 0 spiro atoms. The molecular weight excluding hydrogens is 520 g/mol. The fourth-order valence-electron chi connectivity index (χ4n) is 4.86. The molecular formula is C31H44N6O2S. The molecule has 9 heteroatoms. The SMILES string of the molecule is CCCCCN(Cc1ccc(-c2ccccc2-c2nnn[nH]2)cc1)C(=O)[C@@H](NC(=O)C(CS)CC(C)C)C(C)C. The van der Waals surface area contributed by atoms with Gasteiger partial charge in [-0.05, 0) is 51.8 Å². The van der Waals surface area contributed by atoms with E-state index in [9.17, 15) is 9.59 Å². The smallest absolute Gasteiger partial charge is 0.245 e. The van der Waals surface area contributed by atoms with Gasteiger partial charge in [-0.3, -0.25) is 9.59 Å². The zero-order valence-corrected chi connectivity index (χ0v) is 25.3. The van der Waals surface area contributed by atoms with Crippen LogP contribution in [0.25, 0.3) is 22.5 Å². The molecule has 2 N–H and O–H groups in total. The summed E-state index contributed by atoms with van der Waals surface area (Å²) in [4.78, 5) is 28.9. The van der Waals surface area contributed by atoms with Gasteiger partial charge in [0.05, 0.1) is 0 Å². The Balaban J connectivity index is 1.80. The summed E-state index contributed by atoms with van der Waals surface area (Å²) < 4.78 is 0. The molecule has 2 atom stereocenters. The number of aromatic amines is 1. The fourth-order valence-corrected chi connectivity index (χ4v) is 5.17. The van der Waals surface area contributed by atoms with E-state index in [1.807, 2.05) is 43.0 Å². The number of thiol groups is 1. The average molecular weight is 565 g/mol. The van der Waals surface area contributed by atoms with Crippen LogP contribution in [0, 0.1) is 17.8 Å². The maximum absolute atomic E-state index is 13.9. The standard InChI is InChI=1S/C31H44N6O2S/c1-6-7-10-17-37(31(39)28(22(4)5)32-30(38)25(20-40)18-21(2)3)19-23-13-15-24(16-14-23)26-11-8-9-12-27(26)29-33-35-36-34-29/h8-9,11-16,21-22,25,28,40H,6-7,10,17-20H2,1-5H3,(H,32,38)(H,33,34,35,36)/t25?,28-/m0/s1. The van der Waals surface area contributed by atoms with Gasteiger partial charge in [0.25, 0.3) is 0 Å². The quantitative estimate of drug-likeness (QED) is 0.160.